The van der Waals surface area contributed by atoms with Crippen molar-refractivity contribution >= 4 is 32.7 Å². The lowest BCUT2D eigenvalue weighted by Gasteiger charge is -2.08. The van der Waals surface area contributed by atoms with Crippen LogP contribution in [0, 0.1) is 0 Å². The van der Waals surface area contributed by atoms with Gasteiger partial charge in [-0.25, -0.2) is 0 Å². The van der Waals surface area contributed by atoms with Gasteiger partial charge in [0.15, 0.2) is 0 Å². The van der Waals surface area contributed by atoms with Crippen LogP contribution < -0.4 is 5.32 Å². The van der Waals surface area contributed by atoms with Gasteiger partial charge in [0.2, 0.25) is 5.91 Å². The van der Waals surface area contributed by atoms with Crippen molar-refractivity contribution in [3.63, 3.8) is 0 Å². The van der Waals surface area contributed by atoms with Crippen molar-refractivity contribution in [2.24, 2.45) is 0 Å². The van der Waals surface area contributed by atoms with E-state index >= 15 is 0 Å². The number of benzene rings is 2. The van der Waals surface area contributed by atoms with Gasteiger partial charge in [0.25, 0.3) is 0 Å². The van der Waals surface area contributed by atoms with Gasteiger partial charge in [0.1, 0.15) is 6.54 Å². The lowest BCUT2D eigenvalue weighted by Crippen LogP contribution is -2.26. The summed E-state index contributed by atoms with van der Waals surface area (Å²) in [7, 11) is 0. The molecule has 0 radical (unpaired) electrons. The average Bonchev–Trinajstić information content (AvgIpc) is 2.88. The van der Waals surface area contributed by atoms with Crippen LogP contribution in [-0.2, 0) is 17.9 Å². The van der Waals surface area contributed by atoms with E-state index in [4.69, 9.17) is 0 Å². The Morgan fingerprint density at radius 2 is 1.90 bits per heavy atom. The number of amides is 1. The molecule has 1 N–H and O–H groups in total. The predicted octanol–water partition coefficient (Wildman–Crippen LogP) is 3.72. The zero-order valence-electron chi connectivity index (χ0n) is 11.4. The monoisotopic (exact) mass is 342 g/mol. The standard InChI is InChI=1S/C17H15BrN2O/c18-15-7-6-14-8-9-20(16(14)10-15)12-17(21)19-11-13-4-2-1-3-5-13/h1-10H,11-12H2,(H,19,21). The van der Waals surface area contributed by atoms with Crippen LogP contribution in [0.15, 0.2) is 65.3 Å². The predicted molar refractivity (Wildman–Crippen MR) is 87.9 cm³/mol. The minimum absolute atomic E-state index is 0.0105. The van der Waals surface area contributed by atoms with Crippen molar-refractivity contribution in [2.75, 3.05) is 0 Å². The maximum absolute atomic E-state index is 12.1. The number of aromatic nitrogens is 1. The molecule has 106 valence electrons. The van der Waals surface area contributed by atoms with Crippen molar-refractivity contribution in [2.45, 2.75) is 13.1 Å². The van der Waals surface area contributed by atoms with E-state index in [2.05, 4.69) is 21.2 Å². The molecule has 0 bridgehead atoms. The second-order valence-electron chi connectivity index (χ2n) is 4.91. The Morgan fingerprint density at radius 3 is 2.71 bits per heavy atom. The molecule has 0 aliphatic carbocycles. The second kappa shape index (κ2) is 6.14. The molecule has 2 aromatic carbocycles. The number of hydrogen-bond donors (Lipinski definition) is 1. The highest BCUT2D eigenvalue weighted by atomic mass is 79.9. The summed E-state index contributed by atoms with van der Waals surface area (Å²) in [6.45, 7) is 0.884. The van der Waals surface area contributed by atoms with Crippen LogP contribution in [0.1, 0.15) is 5.56 Å². The number of nitrogens with one attached hydrogen (secondary N) is 1. The Morgan fingerprint density at radius 1 is 1.10 bits per heavy atom. The first kappa shape index (κ1) is 13.9. The summed E-state index contributed by atoms with van der Waals surface area (Å²) < 4.78 is 2.97. The Labute approximate surface area is 131 Å². The van der Waals surface area contributed by atoms with Gasteiger partial charge in [-0.05, 0) is 29.1 Å². The summed E-state index contributed by atoms with van der Waals surface area (Å²) in [5.41, 5.74) is 2.16. The average molecular weight is 343 g/mol. The molecule has 0 aliphatic heterocycles. The van der Waals surface area contributed by atoms with Crippen molar-refractivity contribution in [3.8, 4) is 0 Å². The molecule has 0 aliphatic rings. The van der Waals surface area contributed by atoms with Crippen LogP contribution in [0.25, 0.3) is 10.9 Å². The zero-order valence-corrected chi connectivity index (χ0v) is 13.0. The first-order valence-electron chi connectivity index (χ1n) is 6.77. The molecular formula is C17H15BrN2O. The third kappa shape index (κ3) is 3.34. The molecule has 0 saturated carbocycles. The number of carbonyl (C=O) groups excluding carboxylic acids is 1. The Balaban J connectivity index is 1.67. The van der Waals surface area contributed by atoms with Gasteiger partial charge in [-0.1, -0.05) is 52.3 Å². The molecule has 0 spiro atoms. The molecule has 21 heavy (non-hydrogen) atoms. The molecule has 1 aromatic heterocycles. The maximum atomic E-state index is 12.1. The van der Waals surface area contributed by atoms with E-state index in [1.165, 1.54) is 0 Å². The third-order valence-corrected chi connectivity index (χ3v) is 3.88. The summed E-state index contributed by atoms with van der Waals surface area (Å²) >= 11 is 3.46. The van der Waals surface area contributed by atoms with E-state index in [0.29, 0.717) is 13.1 Å². The summed E-state index contributed by atoms with van der Waals surface area (Å²) in [5, 5.41) is 4.08. The fraction of sp³-hybridized carbons (Fsp3) is 0.118. The van der Waals surface area contributed by atoms with Gasteiger partial charge in [-0.15, -0.1) is 0 Å². The van der Waals surface area contributed by atoms with E-state index < -0.39 is 0 Å². The Hall–Kier alpha value is -2.07. The molecular weight excluding hydrogens is 328 g/mol. The zero-order chi connectivity index (χ0) is 14.7. The van der Waals surface area contributed by atoms with Crippen molar-refractivity contribution in [1.29, 1.82) is 0 Å². The molecule has 0 unspecified atom stereocenters. The van der Waals surface area contributed by atoms with Gasteiger partial charge in [0, 0.05) is 22.7 Å². The molecule has 3 nitrogen and oxygen atoms in total. The Bertz CT molecular complexity index is 765. The number of rotatable bonds is 4. The smallest absolute Gasteiger partial charge is 0.240 e. The van der Waals surface area contributed by atoms with Crippen LogP contribution in [0.3, 0.4) is 0 Å². The highest BCUT2D eigenvalue weighted by molar-refractivity contribution is 9.10. The van der Waals surface area contributed by atoms with Gasteiger partial charge in [-0.2, -0.15) is 0 Å². The van der Waals surface area contributed by atoms with Crippen molar-refractivity contribution < 1.29 is 4.79 Å². The van der Waals surface area contributed by atoms with E-state index in [-0.39, 0.29) is 5.91 Å². The minimum Gasteiger partial charge on any atom is -0.350 e. The molecule has 1 amide bonds. The molecule has 3 rings (SSSR count). The molecule has 0 saturated heterocycles. The molecule has 3 aromatic rings. The molecule has 0 fully saturated rings. The van der Waals surface area contributed by atoms with Crippen LogP contribution >= 0.6 is 15.9 Å². The lowest BCUT2D eigenvalue weighted by molar-refractivity contribution is -0.121. The third-order valence-electron chi connectivity index (χ3n) is 3.38. The van der Waals surface area contributed by atoms with Gasteiger partial charge in [-0.3, -0.25) is 4.79 Å². The summed E-state index contributed by atoms with van der Waals surface area (Å²) in [6.07, 6.45) is 1.94. The highest BCUT2D eigenvalue weighted by Gasteiger charge is 2.06. The highest BCUT2D eigenvalue weighted by Crippen LogP contribution is 2.20. The van der Waals surface area contributed by atoms with Gasteiger partial charge < -0.3 is 9.88 Å². The minimum atomic E-state index is 0.0105. The SMILES string of the molecule is O=C(Cn1ccc2ccc(Br)cc21)NCc1ccccc1. The number of nitrogens with zero attached hydrogens (tertiary/aromatic N) is 1. The second-order valence-corrected chi connectivity index (χ2v) is 5.82. The fourth-order valence-corrected chi connectivity index (χ4v) is 2.65. The number of fused-ring (bicyclic) bond motifs is 1. The van der Waals surface area contributed by atoms with E-state index in [1.54, 1.807) is 0 Å². The largest absolute Gasteiger partial charge is 0.350 e. The van der Waals surface area contributed by atoms with E-state index in [9.17, 15) is 4.79 Å². The van der Waals surface area contributed by atoms with Gasteiger partial charge in [0.05, 0.1) is 0 Å². The van der Waals surface area contributed by atoms with Crippen LogP contribution in [0.4, 0.5) is 0 Å². The van der Waals surface area contributed by atoms with Crippen molar-refractivity contribution in [3.05, 3.63) is 70.8 Å². The normalized spacial score (nSPS) is 10.7. The lowest BCUT2D eigenvalue weighted by atomic mass is 10.2. The number of carbonyl (C=O) groups is 1. The number of hydrogen-bond acceptors (Lipinski definition) is 1. The summed E-state index contributed by atoms with van der Waals surface area (Å²) in [4.78, 5) is 12.1. The number of halogens is 1. The van der Waals surface area contributed by atoms with E-state index in [1.807, 2.05) is 65.4 Å². The molecule has 4 heteroatoms. The van der Waals surface area contributed by atoms with Crippen LogP contribution in [-0.4, -0.2) is 10.5 Å². The summed E-state index contributed by atoms with van der Waals surface area (Å²) in [5.74, 6) is 0.0105. The van der Waals surface area contributed by atoms with Gasteiger partial charge >= 0.3 is 0 Å². The van der Waals surface area contributed by atoms with Crippen molar-refractivity contribution in [1.82, 2.24) is 9.88 Å². The maximum Gasteiger partial charge on any atom is 0.240 e. The Kier molecular flexibility index (Phi) is 4.06. The summed E-state index contributed by atoms with van der Waals surface area (Å²) in [6, 6.07) is 18.0. The fourth-order valence-electron chi connectivity index (χ4n) is 2.30. The first-order valence-corrected chi connectivity index (χ1v) is 7.57. The molecule has 0 atom stereocenters. The first-order chi connectivity index (χ1) is 10.2. The topological polar surface area (TPSA) is 34.0 Å². The van der Waals surface area contributed by atoms with E-state index in [0.717, 1.165) is 20.9 Å². The quantitative estimate of drug-likeness (QED) is 0.770. The van der Waals surface area contributed by atoms with Crippen LogP contribution in [0.5, 0.6) is 0 Å². The molecule has 1 heterocycles. The van der Waals surface area contributed by atoms with Crippen LogP contribution in [0.2, 0.25) is 0 Å².